The first-order chi connectivity index (χ1) is 7.04. The molecule has 0 fully saturated rings. The number of aryl methyl sites for hydroxylation is 2. The van der Waals surface area contributed by atoms with E-state index in [-0.39, 0.29) is 5.41 Å². The van der Waals surface area contributed by atoms with Gasteiger partial charge in [-0.25, -0.2) is 0 Å². The number of alkyl halides is 1. The highest BCUT2D eigenvalue weighted by Gasteiger charge is 2.21. The maximum Gasteiger partial charge on any atom is 0.0596 e. The maximum atomic E-state index is 5.96. The summed E-state index contributed by atoms with van der Waals surface area (Å²) in [7, 11) is 0. The van der Waals surface area contributed by atoms with Crippen LogP contribution in [0.3, 0.4) is 0 Å². The molecule has 0 bridgehead atoms. The van der Waals surface area contributed by atoms with Crippen molar-refractivity contribution >= 4 is 11.6 Å². The van der Waals surface area contributed by atoms with E-state index in [1.165, 1.54) is 5.69 Å². The van der Waals surface area contributed by atoms with Crippen molar-refractivity contribution in [3.63, 3.8) is 0 Å². The number of nitrogens with zero attached hydrogens (tertiary/aromatic N) is 2. The molecule has 0 amide bonds. The van der Waals surface area contributed by atoms with Crippen LogP contribution in [0.5, 0.6) is 0 Å². The molecule has 0 radical (unpaired) electrons. The molecule has 0 saturated carbocycles. The van der Waals surface area contributed by atoms with Gasteiger partial charge in [0.05, 0.1) is 5.69 Å². The Morgan fingerprint density at radius 3 is 2.80 bits per heavy atom. The average molecular weight is 227 g/mol. The molecule has 0 aromatic carbocycles. The van der Waals surface area contributed by atoms with Crippen molar-refractivity contribution in [2.24, 2.45) is 5.41 Å². The largest absolute Gasteiger partial charge is 0.270 e. The van der Waals surface area contributed by atoms with Crippen LogP contribution in [0.1, 0.15) is 25.2 Å². The Balaban J connectivity index is 2.92. The third kappa shape index (κ3) is 2.85. The fraction of sp³-hybridized carbons (Fsp3) is 0.583. The summed E-state index contributed by atoms with van der Waals surface area (Å²) >= 11 is 5.96. The molecule has 0 aliphatic rings. The molecule has 1 heterocycles. The van der Waals surface area contributed by atoms with Gasteiger partial charge in [-0.15, -0.1) is 18.2 Å². The molecule has 0 spiro atoms. The zero-order valence-electron chi connectivity index (χ0n) is 9.76. The van der Waals surface area contributed by atoms with Crippen LogP contribution in [0.4, 0.5) is 0 Å². The van der Waals surface area contributed by atoms with Gasteiger partial charge in [-0.05, 0) is 26.3 Å². The fourth-order valence-corrected chi connectivity index (χ4v) is 1.81. The first-order valence-electron chi connectivity index (χ1n) is 5.27. The summed E-state index contributed by atoms with van der Waals surface area (Å²) in [6.45, 7) is 11.0. The second-order valence-electron chi connectivity index (χ2n) is 4.26. The van der Waals surface area contributed by atoms with E-state index in [0.29, 0.717) is 5.88 Å². The van der Waals surface area contributed by atoms with E-state index in [2.05, 4.69) is 31.6 Å². The second kappa shape index (κ2) is 4.84. The standard InChI is InChI=1S/C12H19ClN2/c1-5-12(4,9-13)8-11-7-10(3)14-15(11)6-2/h5,7H,1,6,8-9H2,2-4H3. The third-order valence-corrected chi connectivity index (χ3v) is 3.28. The zero-order chi connectivity index (χ0) is 11.5. The van der Waals surface area contributed by atoms with Crippen LogP contribution < -0.4 is 0 Å². The van der Waals surface area contributed by atoms with Crippen LogP contribution in [0.15, 0.2) is 18.7 Å². The van der Waals surface area contributed by atoms with Crippen LogP contribution >= 0.6 is 11.6 Å². The molecule has 1 unspecified atom stereocenters. The summed E-state index contributed by atoms with van der Waals surface area (Å²) in [6.07, 6.45) is 2.83. The van der Waals surface area contributed by atoms with Gasteiger partial charge < -0.3 is 0 Å². The highest BCUT2D eigenvalue weighted by molar-refractivity contribution is 6.18. The Hall–Kier alpha value is -0.760. The first kappa shape index (κ1) is 12.3. The molecule has 0 N–H and O–H groups in total. The normalized spacial score (nSPS) is 14.9. The van der Waals surface area contributed by atoms with Crippen molar-refractivity contribution in [1.29, 1.82) is 0 Å². The minimum Gasteiger partial charge on any atom is -0.270 e. The summed E-state index contributed by atoms with van der Waals surface area (Å²) < 4.78 is 2.03. The Kier molecular flexibility index (Phi) is 3.97. The molecule has 1 atom stereocenters. The average Bonchev–Trinajstić information content (AvgIpc) is 2.58. The van der Waals surface area contributed by atoms with E-state index < -0.39 is 0 Å². The van der Waals surface area contributed by atoms with E-state index in [1.807, 2.05) is 17.7 Å². The first-order valence-corrected chi connectivity index (χ1v) is 5.81. The Bertz CT molecular complexity index is 343. The summed E-state index contributed by atoms with van der Waals surface area (Å²) in [6, 6.07) is 2.12. The number of hydrogen-bond donors (Lipinski definition) is 0. The van der Waals surface area contributed by atoms with Crippen molar-refractivity contribution in [2.45, 2.75) is 33.7 Å². The van der Waals surface area contributed by atoms with Crippen LogP contribution in [-0.2, 0) is 13.0 Å². The smallest absolute Gasteiger partial charge is 0.0596 e. The van der Waals surface area contributed by atoms with E-state index in [0.717, 1.165) is 18.7 Å². The molecule has 0 aliphatic heterocycles. The molecule has 1 aromatic rings. The molecule has 84 valence electrons. The van der Waals surface area contributed by atoms with E-state index in [9.17, 15) is 0 Å². The van der Waals surface area contributed by atoms with Gasteiger partial charge in [0, 0.05) is 23.5 Å². The summed E-state index contributed by atoms with van der Waals surface area (Å²) in [4.78, 5) is 0. The van der Waals surface area contributed by atoms with Gasteiger partial charge in [0.1, 0.15) is 0 Å². The monoisotopic (exact) mass is 226 g/mol. The van der Waals surface area contributed by atoms with Crippen LogP contribution in [0.25, 0.3) is 0 Å². The molecular weight excluding hydrogens is 208 g/mol. The van der Waals surface area contributed by atoms with Crippen LogP contribution in [-0.4, -0.2) is 15.7 Å². The minimum atomic E-state index is -0.0407. The summed E-state index contributed by atoms with van der Waals surface area (Å²) in [5.74, 6) is 0.588. The lowest BCUT2D eigenvalue weighted by Crippen LogP contribution is -2.20. The predicted octanol–water partition coefficient (Wildman–Crippen LogP) is 3.19. The van der Waals surface area contributed by atoms with Gasteiger partial charge in [0.2, 0.25) is 0 Å². The second-order valence-corrected chi connectivity index (χ2v) is 4.53. The maximum absolute atomic E-state index is 5.96. The van der Waals surface area contributed by atoms with Crippen molar-refractivity contribution in [1.82, 2.24) is 9.78 Å². The zero-order valence-corrected chi connectivity index (χ0v) is 10.5. The van der Waals surface area contributed by atoms with Crippen molar-refractivity contribution < 1.29 is 0 Å². The number of rotatable bonds is 5. The SMILES string of the molecule is C=CC(C)(CCl)Cc1cc(C)nn1CC. The Morgan fingerprint density at radius 2 is 2.33 bits per heavy atom. The molecule has 0 aliphatic carbocycles. The van der Waals surface area contributed by atoms with E-state index in [4.69, 9.17) is 11.6 Å². The Morgan fingerprint density at radius 1 is 1.67 bits per heavy atom. The molecule has 1 aromatic heterocycles. The number of aromatic nitrogens is 2. The van der Waals surface area contributed by atoms with Gasteiger partial charge in [-0.1, -0.05) is 13.0 Å². The molecule has 2 nitrogen and oxygen atoms in total. The van der Waals surface area contributed by atoms with Crippen molar-refractivity contribution in [3.05, 3.63) is 30.1 Å². The highest BCUT2D eigenvalue weighted by atomic mass is 35.5. The topological polar surface area (TPSA) is 17.8 Å². The lowest BCUT2D eigenvalue weighted by molar-refractivity contribution is 0.458. The van der Waals surface area contributed by atoms with Crippen molar-refractivity contribution in [3.8, 4) is 0 Å². The molecule has 3 heteroatoms. The quantitative estimate of drug-likeness (QED) is 0.557. The minimum absolute atomic E-state index is 0.0407. The third-order valence-electron chi connectivity index (χ3n) is 2.67. The lowest BCUT2D eigenvalue weighted by atomic mass is 9.88. The van der Waals surface area contributed by atoms with Gasteiger partial charge in [-0.2, -0.15) is 5.10 Å². The summed E-state index contributed by atoms with van der Waals surface area (Å²) in [5.41, 5.74) is 2.26. The number of allylic oxidation sites excluding steroid dienone is 1. The molecule has 15 heavy (non-hydrogen) atoms. The highest BCUT2D eigenvalue weighted by Crippen LogP contribution is 2.25. The summed E-state index contributed by atoms with van der Waals surface area (Å²) in [5, 5.41) is 4.42. The molecule has 1 rings (SSSR count). The van der Waals surface area contributed by atoms with Gasteiger partial charge >= 0.3 is 0 Å². The van der Waals surface area contributed by atoms with Gasteiger partial charge in [0.25, 0.3) is 0 Å². The number of halogens is 1. The molecular formula is C12H19ClN2. The van der Waals surface area contributed by atoms with Crippen LogP contribution in [0, 0.1) is 12.3 Å². The predicted molar refractivity (Wildman–Crippen MR) is 65.4 cm³/mol. The van der Waals surface area contributed by atoms with Gasteiger partial charge in [0.15, 0.2) is 0 Å². The van der Waals surface area contributed by atoms with Crippen molar-refractivity contribution in [2.75, 3.05) is 5.88 Å². The van der Waals surface area contributed by atoms with E-state index in [1.54, 1.807) is 0 Å². The Labute approximate surface area is 96.9 Å². The van der Waals surface area contributed by atoms with Gasteiger partial charge in [-0.3, -0.25) is 4.68 Å². The van der Waals surface area contributed by atoms with Crippen LogP contribution in [0.2, 0.25) is 0 Å². The molecule has 0 saturated heterocycles. The number of hydrogen-bond acceptors (Lipinski definition) is 1. The van der Waals surface area contributed by atoms with E-state index >= 15 is 0 Å². The lowest BCUT2D eigenvalue weighted by Gasteiger charge is -2.22. The fourth-order valence-electron chi connectivity index (χ4n) is 1.60.